The quantitative estimate of drug-likeness (QED) is 0.102. The summed E-state index contributed by atoms with van der Waals surface area (Å²) in [6, 6.07) is 84.4. The number of fused-ring (bicyclic) bond motifs is 3. The zero-order chi connectivity index (χ0) is 41.4. The van der Waals surface area contributed by atoms with Gasteiger partial charge < -0.3 is 4.57 Å². The molecule has 0 atom stereocenters. The van der Waals surface area contributed by atoms with Gasteiger partial charge in [0.25, 0.3) is 0 Å². The van der Waals surface area contributed by atoms with E-state index in [2.05, 4.69) is 223 Å². The molecule has 0 spiro atoms. The molecule has 0 saturated carbocycles. The topological polar surface area (TPSA) is 4.93 Å². The minimum Gasteiger partial charge on any atom is -0.309 e. The number of alkyl halides is 3. The molecule has 0 aliphatic carbocycles. The van der Waals surface area contributed by atoms with Gasteiger partial charge in [0.1, 0.15) is 0 Å². The molecule has 0 aliphatic rings. The van der Waals surface area contributed by atoms with Crippen molar-refractivity contribution >= 4 is 79.4 Å². The molecule has 0 saturated heterocycles. The summed E-state index contributed by atoms with van der Waals surface area (Å²) in [5.74, 6) is 0. The monoisotopic (exact) mass is 827 g/mol. The van der Waals surface area contributed by atoms with E-state index in [4.69, 9.17) is 0 Å². The maximum Gasteiger partial charge on any atom is 0.416 e. The summed E-state index contributed by atoms with van der Waals surface area (Å²) in [5.41, 5.74) is 1.86. The standard InChI is InChI=1S/C55H40F3NSi2/c56-55(57,58)41-31-33-42(34-32-41)59-53-37-35-49(60(43-19-7-1-8-20-43,44-21-9-2-10-22-44)45-23-11-3-12-24-45)39-51(53)52-40-50(36-38-54(52)59)61(46-25-13-4-14-26-46,47-27-15-5-16-28-47)48-29-17-6-18-30-48/h1-40H. The molecule has 0 N–H and O–H groups in total. The molecule has 9 aromatic carbocycles. The van der Waals surface area contributed by atoms with Crippen molar-refractivity contribution in [1.29, 1.82) is 0 Å². The Balaban J connectivity index is 1.33. The van der Waals surface area contributed by atoms with E-state index in [1.165, 1.54) is 53.6 Å². The van der Waals surface area contributed by atoms with Gasteiger partial charge in [-0.25, -0.2) is 0 Å². The second kappa shape index (κ2) is 15.6. The number of hydrogen-bond donors (Lipinski definition) is 0. The third-order valence-corrected chi connectivity index (χ3v) is 21.9. The lowest BCUT2D eigenvalue weighted by molar-refractivity contribution is -0.137. The average Bonchev–Trinajstić information content (AvgIpc) is 3.65. The van der Waals surface area contributed by atoms with Gasteiger partial charge in [-0.05, 0) is 77.9 Å². The van der Waals surface area contributed by atoms with Crippen molar-refractivity contribution in [3.63, 3.8) is 0 Å². The fraction of sp³-hybridized carbons (Fsp3) is 0.0182. The molecule has 10 aromatic rings. The number of hydrogen-bond acceptors (Lipinski definition) is 0. The predicted molar refractivity (Wildman–Crippen MR) is 253 cm³/mol. The molecule has 1 heterocycles. The van der Waals surface area contributed by atoms with Crippen molar-refractivity contribution in [2.24, 2.45) is 0 Å². The molecule has 0 aliphatic heterocycles. The van der Waals surface area contributed by atoms with Gasteiger partial charge in [0.05, 0.1) is 16.6 Å². The van der Waals surface area contributed by atoms with Gasteiger partial charge in [-0.15, -0.1) is 0 Å². The van der Waals surface area contributed by atoms with Crippen LogP contribution < -0.4 is 41.5 Å². The van der Waals surface area contributed by atoms with Crippen molar-refractivity contribution < 1.29 is 13.2 Å². The highest BCUT2D eigenvalue weighted by molar-refractivity contribution is 7.20. The summed E-state index contributed by atoms with van der Waals surface area (Å²) in [4.78, 5) is 0. The molecule has 0 fully saturated rings. The third kappa shape index (κ3) is 6.38. The van der Waals surface area contributed by atoms with E-state index in [0.29, 0.717) is 5.69 Å². The molecule has 294 valence electrons. The lowest BCUT2D eigenvalue weighted by atomic mass is 10.1. The Morgan fingerprint density at radius 3 is 0.836 bits per heavy atom. The number of nitrogens with zero attached hydrogens (tertiary/aromatic N) is 1. The highest BCUT2D eigenvalue weighted by Crippen LogP contribution is 2.34. The van der Waals surface area contributed by atoms with E-state index in [1.807, 2.05) is 0 Å². The van der Waals surface area contributed by atoms with Gasteiger partial charge in [-0.3, -0.25) is 0 Å². The fourth-order valence-electron chi connectivity index (χ4n) is 9.70. The predicted octanol–water partition coefficient (Wildman–Crippen LogP) is 8.56. The summed E-state index contributed by atoms with van der Waals surface area (Å²) >= 11 is 0. The van der Waals surface area contributed by atoms with Crippen molar-refractivity contribution in [3.05, 3.63) is 248 Å². The van der Waals surface area contributed by atoms with Crippen molar-refractivity contribution in [2.75, 3.05) is 0 Å². The van der Waals surface area contributed by atoms with Crippen LogP contribution in [0.5, 0.6) is 0 Å². The van der Waals surface area contributed by atoms with E-state index < -0.39 is 27.9 Å². The van der Waals surface area contributed by atoms with E-state index in [-0.39, 0.29) is 0 Å². The molecule has 0 radical (unpaired) electrons. The highest BCUT2D eigenvalue weighted by atomic mass is 28.3. The Morgan fingerprint density at radius 2 is 0.574 bits per heavy atom. The van der Waals surface area contributed by atoms with Gasteiger partial charge in [0.15, 0.2) is 16.1 Å². The van der Waals surface area contributed by atoms with Crippen LogP contribution in [0.25, 0.3) is 27.5 Å². The molecule has 0 unspecified atom stereocenters. The number of rotatable bonds is 9. The van der Waals surface area contributed by atoms with Crippen molar-refractivity contribution in [3.8, 4) is 5.69 Å². The lowest BCUT2D eigenvalue weighted by Gasteiger charge is -2.34. The molecule has 6 heteroatoms. The van der Waals surface area contributed by atoms with Crippen LogP contribution in [0.3, 0.4) is 0 Å². The summed E-state index contributed by atoms with van der Waals surface area (Å²) in [6.45, 7) is 0. The summed E-state index contributed by atoms with van der Waals surface area (Å²) < 4.78 is 43.9. The molecule has 10 rings (SSSR count). The summed E-state index contributed by atoms with van der Waals surface area (Å²) in [6.07, 6.45) is -4.44. The SMILES string of the molecule is FC(F)(F)c1ccc(-n2c3ccc([Si](c4ccccc4)(c4ccccc4)c4ccccc4)cc3c3cc([Si](c4ccccc4)(c4ccccc4)c4ccccc4)ccc32)cc1. The molecule has 1 nitrogen and oxygen atoms in total. The first-order valence-electron chi connectivity index (χ1n) is 20.5. The first-order chi connectivity index (χ1) is 29.9. The van der Waals surface area contributed by atoms with Gasteiger partial charge in [0.2, 0.25) is 0 Å². The maximum absolute atomic E-state index is 13.9. The van der Waals surface area contributed by atoms with Gasteiger partial charge in [-0.2, -0.15) is 13.2 Å². The molecular formula is C55H40F3NSi2. The number of aromatic nitrogens is 1. The van der Waals surface area contributed by atoms with Crippen LogP contribution in [0, 0.1) is 0 Å². The smallest absolute Gasteiger partial charge is 0.309 e. The van der Waals surface area contributed by atoms with E-state index in [1.54, 1.807) is 12.1 Å². The fourth-order valence-corrected chi connectivity index (χ4v) is 19.2. The Bertz CT molecular complexity index is 2700. The van der Waals surface area contributed by atoms with Crippen molar-refractivity contribution in [2.45, 2.75) is 6.18 Å². The normalized spacial score (nSPS) is 12.2. The van der Waals surface area contributed by atoms with E-state index in [9.17, 15) is 13.2 Å². The van der Waals surface area contributed by atoms with Gasteiger partial charge in [0, 0.05) is 16.5 Å². The molecule has 1 aromatic heterocycles. The van der Waals surface area contributed by atoms with Gasteiger partial charge >= 0.3 is 6.18 Å². The van der Waals surface area contributed by atoms with Crippen LogP contribution in [0.1, 0.15) is 5.56 Å². The Hall–Kier alpha value is -7.00. The summed E-state index contributed by atoms with van der Waals surface area (Å²) in [7, 11) is -5.87. The largest absolute Gasteiger partial charge is 0.416 e. The maximum atomic E-state index is 13.9. The van der Waals surface area contributed by atoms with Crippen LogP contribution in [-0.2, 0) is 6.18 Å². The number of benzene rings is 9. The Kier molecular flexibility index (Phi) is 9.74. The van der Waals surface area contributed by atoms with Crippen LogP contribution in [-0.4, -0.2) is 20.7 Å². The average molecular weight is 828 g/mol. The first kappa shape index (κ1) is 38.2. The molecular weight excluding hydrogens is 788 g/mol. The van der Waals surface area contributed by atoms with Crippen molar-refractivity contribution in [1.82, 2.24) is 4.57 Å². The summed E-state index contributed by atoms with van der Waals surface area (Å²) in [5, 5.41) is 12.1. The Labute approximate surface area is 355 Å². The third-order valence-electron chi connectivity index (χ3n) is 12.3. The lowest BCUT2D eigenvalue weighted by Crippen LogP contribution is -2.74. The van der Waals surface area contributed by atoms with Crippen LogP contribution in [0.4, 0.5) is 13.2 Å². The highest BCUT2D eigenvalue weighted by Gasteiger charge is 2.43. The van der Waals surface area contributed by atoms with Crippen LogP contribution in [0.2, 0.25) is 0 Å². The second-order valence-electron chi connectivity index (χ2n) is 15.5. The van der Waals surface area contributed by atoms with Crippen LogP contribution >= 0.6 is 0 Å². The minimum atomic E-state index is -4.44. The zero-order valence-electron chi connectivity index (χ0n) is 33.2. The molecule has 0 amide bonds. The molecule has 0 bridgehead atoms. The van der Waals surface area contributed by atoms with Crippen LogP contribution in [0.15, 0.2) is 243 Å². The van der Waals surface area contributed by atoms with E-state index in [0.717, 1.165) is 21.8 Å². The minimum absolute atomic E-state index is 0.670. The molecule has 61 heavy (non-hydrogen) atoms. The first-order valence-corrected chi connectivity index (χ1v) is 24.5. The zero-order valence-corrected chi connectivity index (χ0v) is 35.2. The van der Waals surface area contributed by atoms with E-state index >= 15 is 0 Å². The number of halogens is 3. The van der Waals surface area contributed by atoms with Gasteiger partial charge in [-0.1, -0.05) is 206 Å². The second-order valence-corrected chi connectivity index (χ2v) is 23.2. The Morgan fingerprint density at radius 1 is 0.295 bits per heavy atom.